The van der Waals surface area contributed by atoms with Gasteiger partial charge in [-0.15, -0.1) is 0 Å². The SMILES string of the molecule is CN1CCc2nc(NC(=O)C(F)(F)F)c(C(=O)O)cc2C1. The van der Waals surface area contributed by atoms with E-state index in [2.05, 4.69) is 4.98 Å². The minimum Gasteiger partial charge on any atom is -0.478 e. The average molecular weight is 303 g/mol. The van der Waals surface area contributed by atoms with E-state index in [0.717, 1.165) is 0 Å². The van der Waals surface area contributed by atoms with E-state index in [1.807, 2.05) is 11.9 Å². The molecule has 114 valence electrons. The maximum absolute atomic E-state index is 12.3. The molecule has 0 saturated carbocycles. The van der Waals surface area contributed by atoms with Gasteiger partial charge in [-0.05, 0) is 18.7 Å². The number of carbonyl (C=O) groups is 2. The molecular formula is C12H12F3N3O3. The van der Waals surface area contributed by atoms with Gasteiger partial charge in [-0.2, -0.15) is 13.2 Å². The second kappa shape index (κ2) is 5.32. The molecule has 1 amide bonds. The fourth-order valence-electron chi connectivity index (χ4n) is 2.05. The van der Waals surface area contributed by atoms with Crippen molar-refractivity contribution >= 4 is 17.7 Å². The first-order valence-electron chi connectivity index (χ1n) is 6.01. The van der Waals surface area contributed by atoms with Crippen LogP contribution in [0.25, 0.3) is 0 Å². The summed E-state index contributed by atoms with van der Waals surface area (Å²) in [5, 5.41) is 10.6. The summed E-state index contributed by atoms with van der Waals surface area (Å²) in [6, 6.07) is 1.26. The molecule has 0 aromatic carbocycles. The summed E-state index contributed by atoms with van der Waals surface area (Å²) < 4.78 is 36.8. The number of carbonyl (C=O) groups excluding carboxylic acids is 1. The molecule has 1 aliphatic heterocycles. The van der Waals surface area contributed by atoms with E-state index in [-0.39, 0.29) is 0 Å². The Bertz CT molecular complexity index is 601. The third-order valence-electron chi connectivity index (χ3n) is 3.08. The summed E-state index contributed by atoms with van der Waals surface area (Å²) >= 11 is 0. The number of likely N-dealkylation sites (N-methyl/N-ethyl adjacent to an activating group) is 1. The number of rotatable bonds is 2. The quantitative estimate of drug-likeness (QED) is 0.859. The fraction of sp³-hybridized carbons (Fsp3) is 0.417. The number of hydrogen-bond acceptors (Lipinski definition) is 4. The zero-order valence-corrected chi connectivity index (χ0v) is 11.0. The lowest BCUT2D eigenvalue weighted by atomic mass is 10.0. The second-order valence-electron chi connectivity index (χ2n) is 4.74. The van der Waals surface area contributed by atoms with Gasteiger partial charge in [0.1, 0.15) is 11.4 Å². The van der Waals surface area contributed by atoms with Crippen molar-refractivity contribution in [3.05, 3.63) is 22.9 Å². The number of nitrogens with zero attached hydrogens (tertiary/aromatic N) is 2. The Hall–Kier alpha value is -2.16. The highest BCUT2D eigenvalue weighted by Crippen LogP contribution is 2.24. The molecule has 9 heteroatoms. The number of halogens is 3. The molecule has 1 aliphatic rings. The smallest absolute Gasteiger partial charge is 0.471 e. The lowest BCUT2D eigenvalue weighted by Crippen LogP contribution is -2.32. The minimum absolute atomic E-state index is 0.454. The number of aromatic nitrogens is 1. The highest BCUT2D eigenvalue weighted by atomic mass is 19.4. The van der Waals surface area contributed by atoms with Gasteiger partial charge in [0.25, 0.3) is 0 Å². The van der Waals surface area contributed by atoms with Crippen molar-refractivity contribution < 1.29 is 27.9 Å². The number of aromatic carboxylic acids is 1. The fourth-order valence-corrected chi connectivity index (χ4v) is 2.05. The van der Waals surface area contributed by atoms with E-state index >= 15 is 0 Å². The van der Waals surface area contributed by atoms with E-state index < -0.39 is 29.4 Å². The normalized spacial score (nSPS) is 15.4. The molecule has 2 rings (SSSR count). The Kier molecular flexibility index (Phi) is 3.86. The van der Waals surface area contributed by atoms with Gasteiger partial charge in [0.15, 0.2) is 0 Å². The van der Waals surface area contributed by atoms with Crippen LogP contribution in [0, 0.1) is 0 Å². The summed E-state index contributed by atoms with van der Waals surface area (Å²) in [6.07, 6.45) is -4.63. The number of alkyl halides is 3. The first kappa shape index (κ1) is 15.2. The highest BCUT2D eigenvalue weighted by Gasteiger charge is 2.39. The van der Waals surface area contributed by atoms with Gasteiger partial charge in [-0.25, -0.2) is 9.78 Å². The largest absolute Gasteiger partial charge is 0.478 e. The molecule has 6 nitrogen and oxygen atoms in total. The molecule has 0 bridgehead atoms. The van der Waals surface area contributed by atoms with Crippen LogP contribution in [-0.4, -0.2) is 46.6 Å². The van der Waals surface area contributed by atoms with Gasteiger partial charge >= 0.3 is 18.1 Å². The standard InChI is InChI=1S/C12H12F3N3O3/c1-18-3-2-8-6(5-18)4-7(10(19)20)9(16-8)17-11(21)12(13,14)15/h4H,2-3,5H2,1H3,(H,19,20)(H,16,17,21). The van der Waals surface area contributed by atoms with Crippen LogP contribution < -0.4 is 5.32 Å². The number of carboxylic acids is 1. The molecule has 2 N–H and O–H groups in total. The van der Waals surface area contributed by atoms with Crippen LogP contribution >= 0.6 is 0 Å². The van der Waals surface area contributed by atoms with Crippen molar-refractivity contribution in [3.8, 4) is 0 Å². The molecule has 0 spiro atoms. The number of hydrogen-bond donors (Lipinski definition) is 2. The van der Waals surface area contributed by atoms with Crippen molar-refractivity contribution in [3.63, 3.8) is 0 Å². The van der Waals surface area contributed by atoms with Gasteiger partial charge in [0.05, 0.1) is 0 Å². The van der Waals surface area contributed by atoms with Crippen molar-refractivity contribution in [1.29, 1.82) is 0 Å². The highest BCUT2D eigenvalue weighted by molar-refractivity contribution is 6.01. The van der Waals surface area contributed by atoms with E-state index in [9.17, 15) is 22.8 Å². The molecule has 2 heterocycles. The minimum atomic E-state index is -5.10. The number of nitrogens with one attached hydrogen (secondary N) is 1. The second-order valence-corrected chi connectivity index (χ2v) is 4.74. The topological polar surface area (TPSA) is 82.5 Å². The summed E-state index contributed by atoms with van der Waals surface area (Å²) in [7, 11) is 1.84. The molecule has 0 aliphatic carbocycles. The monoisotopic (exact) mass is 303 g/mol. The molecule has 0 fully saturated rings. The molecule has 0 radical (unpaired) electrons. The Labute approximate surface area is 117 Å². The first-order valence-corrected chi connectivity index (χ1v) is 6.01. The van der Waals surface area contributed by atoms with Crippen LogP contribution in [0.1, 0.15) is 21.6 Å². The Morgan fingerprint density at radius 2 is 2.10 bits per heavy atom. The maximum Gasteiger partial charge on any atom is 0.471 e. The van der Waals surface area contributed by atoms with Gasteiger partial charge in [-0.1, -0.05) is 0 Å². The van der Waals surface area contributed by atoms with Crippen LogP contribution in [0.15, 0.2) is 6.07 Å². The van der Waals surface area contributed by atoms with Gasteiger partial charge in [-0.3, -0.25) is 4.79 Å². The van der Waals surface area contributed by atoms with Crippen LogP contribution in [-0.2, 0) is 17.8 Å². The van der Waals surface area contributed by atoms with E-state index in [0.29, 0.717) is 30.8 Å². The molecule has 21 heavy (non-hydrogen) atoms. The summed E-state index contributed by atoms with van der Waals surface area (Å²) in [4.78, 5) is 27.9. The van der Waals surface area contributed by atoms with Crippen LogP contribution in [0.3, 0.4) is 0 Å². The number of anilines is 1. The lowest BCUT2D eigenvalue weighted by molar-refractivity contribution is -0.167. The molecule has 0 saturated heterocycles. The van der Waals surface area contributed by atoms with Crippen molar-refractivity contribution in [1.82, 2.24) is 9.88 Å². The maximum atomic E-state index is 12.3. The van der Waals surface area contributed by atoms with Gasteiger partial charge in [0.2, 0.25) is 0 Å². The predicted molar refractivity (Wildman–Crippen MR) is 65.9 cm³/mol. The Balaban J connectivity index is 2.41. The molecule has 1 aromatic rings. The zero-order chi connectivity index (χ0) is 15.8. The zero-order valence-electron chi connectivity index (χ0n) is 11.0. The number of carboxylic acid groups (broad SMARTS) is 1. The third kappa shape index (κ3) is 3.30. The average Bonchev–Trinajstić information content (AvgIpc) is 2.36. The number of pyridine rings is 1. The molecule has 0 unspecified atom stereocenters. The van der Waals surface area contributed by atoms with Crippen LogP contribution in [0.2, 0.25) is 0 Å². The van der Waals surface area contributed by atoms with Gasteiger partial charge < -0.3 is 15.3 Å². The summed E-state index contributed by atoms with van der Waals surface area (Å²) in [5.41, 5.74) is 0.670. The van der Waals surface area contributed by atoms with Crippen LogP contribution in [0.5, 0.6) is 0 Å². The Morgan fingerprint density at radius 1 is 1.43 bits per heavy atom. The number of fused-ring (bicyclic) bond motifs is 1. The molecule has 1 aromatic heterocycles. The first-order chi connectivity index (χ1) is 9.68. The number of amides is 1. The van der Waals surface area contributed by atoms with Crippen molar-refractivity contribution in [2.24, 2.45) is 0 Å². The van der Waals surface area contributed by atoms with Gasteiger partial charge in [0, 0.05) is 25.2 Å². The lowest BCUT2D eigenvalue weighted by Gasteiger charge is -2.25. The van der Waals surface area contributed by atoms with Crippen LogP contribution in [0.4, 0.5) is 19.0 Å². The van der Waals surface area contributed by atoms with Crippen molar-refractivity contribution in [2.45, 2.75) is 19.1 Å². The van der Waals surface area contributed by atoms with E-state index in [1.165, 1.54) is 11.4 Å². The Morgan fingerprint density at radius 3 is 2.67 bits per heavy atom. The predicted octanol–water partition coefficient (Wildman–Crippen LogP) is 1.27. The summed E-state index contributed by atoms with van der Waals surface area (Å²) in [6.45, 7) is 1.11. The molecular weight excluding hydrogens is 291 g/mol. The summed E-state index contributed by atoms with van der Waals surface area (Å²) in [5.74, 6) is -4.27. The van der Waals surface area contributed by atoms with E-state index in [4.69, 9.17) is 5.11 Å². The third-order valence-corrected chi connectivity index (χ3v) is 3.08. The molecule has 0 atom stereocenters. The van der Waals surface area contributed by atoms with E-state index in [1.54, 1.807) is 0 Å². The van der Waals surface area contributed by atoms with Crippen molar-refractivity contribution in [2.75, 3.05) is 18.9 Å².